The molecule has 1 aromatic heterocycles. The lowest BCUT2D eigenvalue weighted by atomic mass is 9.91. The Hall–Kier alpha value is -2.54. The number of carbonyl (C=O) groups is 1. The third-order valence-electron chi connectivity index (χ3n) is 5.47. The average Bonchev–Trinajstić information content (AvgIpc) is 3.20. The molecule has 6 nitrogen and oxygen atoms in total. The summed E-state index contributed by atoms with van der Waals surface area (Å²) in [5.74, 6) is 0.635. The molecular weight excluding hydrogens is 435 g/mol. The Morgan fingerprint density at radius 2 is 1.90 bits per heavy atom. The van der Waals surface area contributed by atoms with E-state index in [1.807, 2.05) is 16.8 Å². The molecular formula is C23H26Cl2N4O2. The van der Waals surface area contributed by atoms with E-state index in [2.05, 4.69) is 34.8 Å². The van der Waals surface area contributed by atoms with Crippen molar-refractivity contribution in [1.82, 2.24) is 15.1 Å². The summed E-state index contributed by atoms with van der Waals surface area (Å²) in [6.07, 6.45) is 3.59. The number of amides is 1. The summed E-state index contributed by atoms with van der Waals surface area (Å²) in [6.45, 7) is 3.91. The lowest BCUT2D eigenvalue weighted by molar-refractivity contribution is 0.102. The topological polar surface area (TPSA) is 68.2 Å². The molecule has 1 aliphatic rings. The molecule has 3 aromatic rings. The minimum absolute atomic E-state index is 0. The first-order valence-electron chi connectivity index (χ1n) is 10.1. The van der Waals surface area contributed by atoms with Crippen LogP contribution in [-0.2, 0) is 0 Å². The number of piperidine rings is 1. The highest BCUT2D eigenvalue weighted by Gasteiger charge is 2.27. The van der Waals surface area contributed by atoms with E-state index < -0.39 is 0 Å². The van der Waals surface area contributed by atoms with Gasteiger partial charge in [0.05, 0.1) is 35.3 Å². The zero-order chi connectivity index (χ0) is 21.1. The van der Waals surface area contributed by atoms with Crippen LogP contribution in [0.25, 0.3) is 5.69 Å². The van der Waals surface area contributed by atoms with Crippen molar-refractivity contribution in [3.8, 4) is 11.4 Å². The van der Waals surface area contributed by atoms with Gasteiger partial charge in [-0.15, -0.1) is 12.4 Å². The molecule has 1 fully saturated rings. The van der Waals surface area contributed by atoms with Crippen molar-refractivity contribution in [3.63, 3.8) is 0 Å². The van der Waals surface area contributed by atoms with Crippen molar-refractivity contribution in [1.29, 1.82) is 0 Å². The van der Waals surface area contributed by atoms with Crippen LogP contribution in [0.2, 0.25) is 5.02 Å². The quantitative estimate of drug-likeness (QED) is 0.562. The molecule has 0 unspecified atom stereocenters. The Bertz CT molecular complexity index is 1040. The fraction of sp³-hybridized carbons (Fsp3) is 0.304. The first-order chi connectivity index (χ1) is 14.6. The number of hydrogen-bond acceptors (Lipinski definition) is 4. The van der Waals surface area contributed by atoms with Crippen LogP contribution in [0.4, 0.5) is 5.69 Å². The molecule has 0 bridgehead atoms. The second kappa shape index (κ2) is 10.2. The Kier molecular flexibility index (Phi) is 7.59. The summed E-state index contributed by atoms with van der Waals surface area (Å²) >= 11 is 6.21. The standard InChI is InChI=1S/C23H25ClN4O2.ClH/c1-15-3-6-18(7-4-15)28-22(16-9-11-25-12-10-16)19(14-26-28)23(29)27-17-5-8-21(30-2)20(24)13-17;/h3-8,13-14,16,25H,9-12H2,1-2H3,(H,27,29);1H. The number of ether oxygens (including phenoxy) is 1. The van der Waals surface area contributed by atoms with Crippen molar-refractivity contribution in [3.05, 3.63) is 70.5 Å². The van der Waals surface area contributed by atoms with Gasteiger partial charge in [-0.3, -0.25) is 4.79 Å². The summed E-state index contributed by atoms with van der Waals surface area (Å²) < 4.78 is 7.09. The van der Waals surface area contributed by atoms with E-state index in [1.54, 1.807) is 31.5 Å². The fourth-order valence-corrected chi connectivity index (χ4v) is 4.11. The number of nitrogens with zero attached hydrogens (tertiary/aromatic N) is 2. The van der Waals surface area contributed by atoms with Gasteiger partial charge in [0.2, 0.25) is 0 Å². The van der Waals surface area contributed by atoms with Crippen LogP contribution in [-0.4, -0.2) is 35.9 Å². The maximum atomic E-state index is 13.2. The van der Waals surface area contributed by atoms with Gasteiger partial charge >= 0.3 is 0 Å². The van der Waals surface area contributed by atoms with Gasteiger partial charge in [0.1, 0.15) is 5.75 Å². The number of benzene rings is 2. The SMILES string of the molecule is COc1ccc(NC(=O)c2cnn(-c3ccc(C)cc3)c2C2CCNCC2)cc1Cl.Cl. The molecule has 0 spiro atoms. The monoisotopic (exact) mass is 460 g/mol. The average molecular weight is 461 g/mol. The smallest absolute Gasteiger partial charge is 0.259 e. The number of hydrogen-bond donors (Lipinski definition) is 2. The predicted molar refractivity (Wildman–Crippen MR) is 126 cm³/mol. The number of aromatic nitrogens is 2. The molecule has 0 saturated carbocycles. The highest BCUT2D eigenvalue weighted by molar-refractivity contribution is 6.32. The van der Waals surface area contributed by atoms with Crippen molar-refractivity contribution >= 4 is 35.6 Å². The Morgan fingerprint density at radius 3 is 2.55 bits per heavy atom. The maximum Gasteiger partial charge on any atom is 0.259 e. The van der Waals surface area contributed by atoms with E-state index in [-0.39, 0.29) is 24.2 Å². The van der Waals surface area contributed by atoms with Crippen molar-refractivity contribution < 1.29 is 9.53 Å². The zero-order valence-electron chi connectivity index (χ0n) is 17.5. The number of rotatable bonds is 5. The van der Waals surface area contributed by atoms with Gasteiger partial charge in [-0.05, 0) is 63.2 Å². The molecule has 164 valence electrons. The van der Waals surface area contributed by atoms with Gasteiger partial charge in [-0.25, -0.2) is 4.68 Å². The molecule has 1 aliphatic heterocycles. The number of methoxy groups -OCH3 is 1. The zero-order valence-corrected chi connectivity index (χ0v) is 19.1. The molecule has 2 heterocycles. The van der Waals surface area contributed by atoms with Crippen molar-refractivity contribution in [2.75, 3.05) is 25.5 Å². The Balaban J connectivity index is 0.00000272. The van der Waals surface area contributed by atoms with Gasteiger partial charge in [0, 0.05) is 11.6 Å². The molecule has 1 amide bonds. The largest absolute Gasteiger partial charge is 0.495 e. The number of carbonyl (C=O) groups excluding carboxylic acids is 1. The van der Waals surface area contributed by atoms with E-state index in [0.29, 0.717) is 22.0 Å². The van der Waals surface area contributed by atoms with Crippen LogP contribution in [0.1, 0.15) is 40.4 Å². The second-order valence-corrected chi connectivity index (χ2v) is 7.93. The van der Waals surface area contributed by atoms with E-state index in [0.717, 1.165) is 37.3 Å². The van der Waals surface area contributed by atoms with Gasteiger partial charge in [0.25, 0.3) is 5.91 Å². The number of halogens is 2. The van der Waals surface area contributed by atoms with Crippen molar-refractivity contribution in [2.45, 2.75) is 25.7 Å². The van der Waals surface area contributed by atoms with Gasteiger partial charge in [-0.2, -0.15) is 5.10 Å². The molecule has 8 heteroatoms. The molecule has 0 aliphatic carbocycles. The van der Waals surface area contributed by atoms with Crippen LogP contribution in [0.15, 0.2) is 48.7 Å². The summed E-state index contributed by atoms with van der Waals surface area (Å²) in [5.41, 5.74) is 4.31. The highest BCUT2D eigenvalue weighted by Crippen LogP contribution is 2.32. The fourth-order valence-electron chi connectivity index (χ4n) is 3.86. The predicted octanol–water partition coefficient (Wildman–Crippen LogP) is 4.98. The van der Waals surface area contributed by atoms with E-state index >= 15 is 0 Å². The molecule has 1 saturated heterocycles. The first-order valence-corrected chi connectivity index (χ1v) is 10.4. The van der Waals surface area contributed by atoms with Crippen LogP contribution in [0.3, 0.4) is 0 Å². The van der Waals surface area contributed by atoms with E-state index in [9.17, 15) is 4.79 Å². The van der Waals surface area contributed by atoms with Crippen LogP contribution < -0.4 is 15.4 Å². The lowest BCUT2D eigenvalue weighted by Crippen LogP contribution is -2.29. The molecule has 31 heavy (non-hydrogen) atoms. The number of aryl methyl sites for hydroxylation is 1. The molecule has 0 atom stereocenters. The minimum Gasteiger partial charge on any atom is -0.495 e. The number of nitrogens with one attached hydrogen (secondary N) is 2. The Labute approximate surface area is 193 Å². The second-order valence-electron chi connectivity index (χ2n) is 7.52. The third-order valence-corrected chi connectivity index (χ3v) is 5.76. The summed E-state index contributed by atoms with van der Waals surface area (Å²) in [5, 5.41) is 11.4. The maximum absolute atomic E-state index is 13.2. The summed E-state index contributed by atoms with van der Waals surface area (Å²) in [4.78, 5) is 13.2. The first kappa shape index (κ1) is 23.1. The van der Waals surface area contributed by atoms with E-state index in [1.165, 1.54) is 5.56 Å². The number of anilines is 1. The normalized spacial score (nSPS) is 14.0. The minimum atomic E-state index is -0.192. The van der Waals surface area contributed by atoms with Crippen LogP contribution in [0, 0.1) is 6.92 Å². The molecule has 2 N–H and O–H groups in total. The summed E-state index contributed by atoms with van der Waals surface area (Å²) in [7, 11) is 1.56. The van der Waals surface area contributed by atoms with Crippen molar-refractivity contribution in [2.24, 2.45) is 0 Å². The third kappa shape index (κ3) is 5.03. The molecule has 2 aromatic carbocycles. The van der Waals surface area contributed by atoms with Gasteiger partial charge < -0.3 is 15.4 Å². The molecule has 4 rings (SSSR count). The van der Waals surface area contributed by atoms with E-state index in [4.69, 9.17) is 16.3 Å². The van der Waals surface area contributed by atoms with Crippen LogP contribution in [0.5, 0.6) is 5.75 Å². The van der Waals surface area contributed by atoms with Gasteiger partial charge in [-0.1, -0.05) is 29.3 Å². The van der Waals surface area contributed by atoms with Gasteiger partial charge in [0.15, 0.2) is 0 Å². The molecule has 0 radical (unpaired) electrons. The lowest BCUT2D eigenvalue weighted by Gasteiger charge is -2.24. The Morgan fingerprint density at radius 1 is 1.19 bits per heavy atom. The summed E-state index contributed by atoms with van der Waals surface area (Å²) in [6, 6.07) is 13.4. The van der Waals surface area contributed by atoms with Crippen LogP contribution >= 0.6 is 24.0 Å². The highest BCUT2D eigenvalue weighted by atomic mass is 35.5.